The van der Waals surface area contributed by atoms with Gasteiger partial charge in [0.1, 0.15) is 0 Å². The number of aliphatic hydroxyl groups is 2. The SMILES string of the molecule is CCCCCC(O)C=CC=CC=CC(O)CCCC(=O)OC. The maximum atomic E-state index is 10.9. The number of methoxy groups -OCH3 is 1. The lowest BCUT2D eigenvalue weighted by molar-refractivity contribution is -0.140. The minimum atomic E-state index is -0.557. The summed E-state index contributed by atoms with van der Waals surface area (Å²) in [6.07, 6.45) is 15.3. The highest BCUT2D eigenvalue weighted by atomic mass is 16.5. The number of carbonyl (C=O) groups is 1. The molecule has 2 atom stereocenters. The number of unbranched alkanes of at least 4 members (excludes halogenated alkanes) is 2. The highest BCUT2D eigenvalue weighted by molar-refractivity contribution is 5.68. The molecule has 4 nitrogen and oxygen atoms in total. The van der Waals surface area contributed by atoms with Crippen molar-refractivity contribution in [1.29, 1.82) is 0 Å². The molecule has 22 heavy (non-hydrogen) atoms. The quantitative estimate of drug-likeness (QED) is 0.330. The summed E-state index contributed by atoms with van der Waals surface area (Å²) in [5.74, 6) is -0.251. The molecule has 0 aromatic rings. The Balaban J connectivity index is 3.79. The standard InChI is InChI=1S/C18H30O4/c1-3-4-7-11-16(19)12-8-5-6-9-13-17(20)14-10-15-18(21)22-2/h5-6,8-9,12-13,16-17,19-20H,3-4,7,10-11,14-15H2,1-2H3. The first kappa shape index (κ1) is 20.6. The van der Waals surface area contributed by atoms with Crippen molar-refractivity contribution in [1.82, 2.24) is 0 Å². The first-order chi connectivity index (χ1) is 10.6. The van der Waals surface area contributed by atoms with Crippen molar-refractivity contribution in [2.24, 2.45) is 0 Å². The van der Waals surface area contributed by atoms with Gasteiger partial charge < -0.3 is 14.9 Å². The van der Waals surface area contributed by atoms with Crippen molar-refractivity contribution >= 4 is 5.97 Å². The Morgan fingerprint density at radius 1 is 0.955 bits per heavy atom. The molecule has 0 aromatic heterocycles. The van der Waals surface area contributed by atoms with Crippen LogP contribution < -0.4 is 0 Å². The van der Waals surface area contributed by atoms with Gasteiger partial charge in [0.25, 0.3) is 0 Å². The molecular formula is C18H30O4. The Morgan fingerprint density at radius 2 is 1.50 bits per heavy atom. The number of aliphatic hydroxyl groups excluding tert-OH is 2. The van der Waals surface area contributed by atoms with Gasteiger partial charge in [0.05, 0.1) is 19.3 Å². The molecule has 0 heterocycles. The number of carbonyl (C=O) groups excluding carboxylic acids is 1. The molecule has 0 bridgehead atoms. The number of allylic oxidation sites excluding steroid dienone is 4. The number of esters is 1. The van der Waals surface area contributed by atoms with Crippen molar-refractivity contribution in [3.63, 3.8) is 0 Å². The molecule has 0 aliphatic rings. The average Bonchev–Trinajstić information content (AvgIpc) is 2.50. The Morgan fingerprint density at radius 3 is 2.00 bits per heavy atom. The summed E-state index contributed by atoms with van der Waals surface area (Å²) < 4.78 is 4.53. The minimum Gasteiger partial charge on any atom is -0.469 e. The van der Waals surface area contributed by atoms with Crippen LogP contribution in [0.2, 0.25) is 0 Å². The van der Waals surface area contributed by atoms with Gasteiger partial charge in [0.2, 0.25) is 0 Å². The van der Waals surface area contributed by atoms with E-state index in [4.69, 9.17) is 0 Å². The Hall–Kier alpha value is -1.39. The summed E-state index contributed by atoms with van der Waals surface area (Å²) in [5, 5.41) is 19.3. The number of rotatable bonds is 12. The van der Waals surface area contributed by atoms with E-state index in [-0.39, 0.29) is 12.1 Å². The molecule has 0 fully saturated rings. The van der Waals surface area contributed by atoms with Gasteiger partial charge in [0, 0.05) is 6.42 Å². The second-order valence-corrected chi connectivity index (χ2v) is 5.25. The summed E-state index contributed by atoms with van der Waals surface area (Å²) in [7, 11) is 1.36. The van der Waals surface area contributed by atoms with E-state index >= 15 is 0 Å². The van der Waals surface area contributed by atoms with Gasteiger partial charge in [-0.15, -0.1) is 0 Å². The summed E-state index contributed by atoms with van der Waals surface area (Å²) in [6.45, 7) is 2.14. The molecule has 2 unspecified atom stereocenters. The van der Waals surface area contributed by atoms with Crippen LogP contribution in [-0.4, -0.2) is 35.5 Å². The zero-order chi connectivity index (χ0) is 16.6. The lowest BCUT2D eigenvalue weighted by atomic mass is 10.1. The zero-order valence-corrected chi connectivity index (χ0v) is 13.8. The molecule has 0 aliphatic carbocycles. The van der Waals surface area contributed by atoms with Gasteiger partial charge in [-0.25, -0.2) is 0 Å². The largest absolute Gasteiger partial charge is 0.469 e. The van der Waals surface area contributed by atoms with Gasteiger partial charge in [-0.05, 0) is 19.3 Å². The van der Waals surface area contributed by atoms with Crippen LogP contribution in [0, 0.1) is 0 Å². The molecule has 126 valence electrons. The van der Waals surface area contributed by atoms with E-state index in [0.29, 0.717) is 19.3 Å². The lowest BCUT2D eigenvalue weighted by Gasteiger charge is -2.03. The third-order valence-electron chi connectivity index (χ3n) is 3.21. The molecule has 0 saturated heterocycles. The third-order valence-corrected chi connectivity index (χ3v) is 3.21. The van der Waals surface area contributed by atoms with Crippen molar-refractivity contribution in [3.8, 4) is 0 Å². The fourth-order valence-corrected chi connectivity index (χ4v) is 1.87. The summed E-state index contributed by atoms with van der Waals surface area (Å²) in [6, 6.07) is 0. The Labute approximate surface area is 134 Å². The summed E-state index contributed by atoms with van der Waals surface area (Å²) >= 11 is 0. The highest BCUT2D eigenvalue weighted by Crippen LogP contribution is 2.05. The van der Waals surface area contributed by atoms with E-state index in [2.05, 4.69) is 11.7 Å². The molecule has 0 radical (unpaired) electrons. The van der Waals surface area contributed by atoms with Crippen molar-refractivity contribution in [3.05, 3.63) is 36.5 Å². The molecular weight excluding hydrogens is 280 g/mol. The minimum absolute atomic E-state index is 0.251. The lowest BCUT2D eigenvalue weighted by Crippen LogP contribution is -2.05. The second-order valence-electron chi connectivity index (χ2n) is 5.25. The van der Waals surface area contributed by atoms with Crippen molar-refractivity contribution in [2.75, 3.05) is 7.11 Å². The van der Waals surface area contributed by atoms with E-state index in [0.717, 1.165) is 25.7 Å². The van der Waals surface area contributed by atoms with E-state index in [1.54, 1.807) is 24.3 Å². The number of ether oxygens (including phenoxy) is 1. The fraction of sp³-hybridized carbons (Fsp3) is 0.611. The van der Waals surface area contributed by atoms with Gasteiger partial charge in [0.15, 0.2) is 0 Å². The molecule has 0 rings (SSSR count). The number of hydrogen-bond donors (Lipinski definition) is 2. The van der Waals surface area contributed by atoms with Gasteiger partial charge in [-0.3, -0.25) is 4.79 Å². The average molecular weight is 310 g/mol. The van der Waals surface area contributed by atoms with E-state index < -0.39 is 6.10 Å². The molecule has 2 N–H and O–H groups in total. The van der Waals surface area contributed by atoms with E-state index in [1.807, 2.05) is 12.2 Å². The second kappa shape index (κ2) is 14.5. The van der Waals surface area contributed by atoms with Crippen LogP contribution in [0.1, 0.15) is 51.9 Å². The van der Waals surface area contributed by atoms with Crippen molar-refractivity contribution in [2.45, 2.75) is 64.1 Å². The maximum absolute atomic E-state index is 10.9. The maximum Gasteiger partial charge on any atom is 0.305 e. The van der Waals surface area contributed by atoms with Crippen LogP contribution in [0.3, 0.4) is 0 Å². The Kier molecular flexibility index (Phi) is 13.6. The van der Waals surface area contributed by atoms with Gasteiger partial charge in [-0.2, -0.15) is 0 Å². The summed E-state index contributed by atoms with van der Waals surface area (Å²) in [4.78, 5) is 10.9. The first-order valence-corrected chi connectivity index (χ1v) is 8.04. The zero-order valence-electron chi connectivity index (χ0n) is 13.8. The van der Waals surface area contributed by atoms with Crippen LogP contribution in [-0.2, 0) is 9.53 Å². The smallest absolute Gasteiger partial charge is 0.305 e. The molecule has 0 saturated carbocycles. The normalized spacial score (nSPS) is 14.9. The fourth-order valence-electron chi connectivity index (χ4n) is 1.87. The highest BCUT2D eigenvalue weighted by Gasteiger charge is 2.03. The molecule has 0 amide bonds. The van der Waals surface area contributed by atoms with Crippen molar-refractivity contribution < 1.29 is 19.7 Å². The molecule has 0 aromatic carbocycles. The van der Waals surface area contributed by atoms with Crippen LogP contribution in [0.25, 0.3) is 0 Å². The first-order valence-electron chi connectivity index (χ1n) is 8.04. The van der Waals surface area contributed by atoms with E-state index in [9.17, 15) is 15.0 Å². The number of hydrogen-bond acceptors (Lipinski definition) is 4. The Bertz CT molecular complexity index is 358. The predicted molar refractivity (Wildman–Crippen MR) is 89.4 cm³/mol. The predicted octanol–water partition coefficient (Wildman–Crippen LogP) is 3.30. The third kappa shape index (κ3) is 13.6. The van der Waals surface area contributed by atoms with Crippen LogP contribution in [0.4, 0.5) is 0 Å². The van der Waals surface area contributed by atoms with Crippen LogP contribution in [0.5, 0.6) is 0 Å². The van der Waals surface area contributed by atoms with Gasteiger partial charge >= 0.3 is 5.97 Å². The van der Waals surface area contributed by atoms with Crippen LogP contribution in [0.15, 0.2) is 36.5 Å². The molecule has 4 heteroatoms. The van der Waals surface area contributed by atoms with Crippen LogP contribution >= 0.6 is 0 Å². The monoisotopic (exact) mass is 310 g/mol. The topological polar surface area (TPSA) is 66.8 Å². The molecule has 0 aliphatic heterocycles. The van der Waals surface area contributed by atoms with E-state index in [1.165, 1.54) is 7.11 Å². The molecule has 0 spiro atoms. The van der Waals surface area contributed by atoms with Gasteiger partial charge in [-0.1, -0.05) is 62.6 Å². The summed E-state index contributed by atoms with van der Waals surface area (Å²) in [5.41, 5.74) is 0.